The third-order valence-corrected chi connectivity index (χ3v) is 10.7. The zero-order valence-corrected chi connectivity index (χ0v) is 15.8. The first-order valence-electron chi connectivity index (χ1n) is 7.79. The Hall–Kier alpha value is -1.61. The summed E-state index contributed by atoms with van der Waals surface area (Å²) in [7, 11) is 2.35. The van der Waals surface area contributed by atoms with E-state index in [2.05, 4.69) is 83.2 Å². The van der Waals surface area contributed by atoms with Crippen LogP contribution in [0.1, 0.15) is 31.1 Å². The number of fused-ring (bicyclic) bond motifs is 1. The van der Waals surface area contributed by atoms with Gasteiger partial charge in [-0.1, -0.05) is 46.0 Å². The lowest BCUT2D eigenvalue weighted by atomic mass is 10.1. The summed E-state index contributed by atoms with van der Waals surface area (Å²) in [5.41, 5.74) is 2.05. The van der Waals surface area contributed by atoms with Gasteiger partial charge in [0.25, 0.3) is 0 Å². The van der Waals surface area contributed by atoms with Gasteiger partial charge in [-0.2, -0.15) is 0 Å². The molecule has 0 heterocycles. The number of nitrogens with zero attached hydrogens (tertiary/aromatic N) is 1. The van der Waals surface area contributed by atoms with E-state index in [1.54, 1.807) is 0 Å². The average Bonchev–Trinajstić information content (AvgIpc) is 2.43. The second kappa shape index (κ2) is 5.54. The highest BCUT2D eigenvalue weighted by atomic mass is 28.3. The van der Waals surface area contributed by atoms with Crippen molar-refractivity contribution in [1.29, 1.82) is 0 Å². The lowest BCUT2D eigenvalue weighted by Crippen LogP contribution is -2.51. The summed E-state index contributed by atoms with van der Waals surface area (Å²) in [4.78, 5) is 13.7. The Kier molecular flexibility index (Phi) is 4.22. The SMILES string of the molecule is CN(C)c1ccc2cc(C=O)c([Si](C)(C)C(C)(C)C)cc2c1. The Morgan fingerprint density at radius 1 is 1.00 bits per heavy atom. The van der Waals surface area contributed by atoms with Crippen molar-refractivity contribution in [3.8, 4) is 0 Å². The number of hydrogen-bond acceptors (Lipinski definition) is 2. The Balaban J connectivity index is 2.75. The normalized spacial score (nSPS) is 12.5. The van der Waals surface area contributed by atoms with E-state index in [1.807, 2.05) is 0 Å². The molecule has 2 rings (SSSR count). The molecule has 2 aromatic rings. The number of anilines is 1. The van der Waals surface area contributed by atoms with Crippen molar-refractivity contribution in [2.45, 2.75) is 38.9 Å². The minimum Gasteiger partial charge on any atom is -0.378 e. The van der Waals surface area contributed by atoms with Crippen molar-refractivity contribution in [2.24, 2.45) is 0 Å². The molecular weight excluding hydrogens is 286 g/mol. The summed E-state index contributed by atoms with van der Waals surface area (Å²) >= 11 is 0. The maximum absolute atomic E-state index is 11.6. The van der Waals surface area contributed by atoms with Crippen LogP contribution in [-0.2, 0) is 0 Å². The Morgan fingerprint density at radius 2 is 1.64 bits per heavy atom. The molecule has 0 spiro atoms. The molecule has 2 nitrogen and oxygen atoms in total. The summed E-state index contributed by atoms with van der Waals surface area (Å²) < 4.78 is 0. The molecule has 2 aromatic carbocycles. The average molecular weight is 314 g/mol. The highest BCUT2D eigenvalue weighted by molar-refractivity contribution is 6.92. The molecule has 0 bridgehead atoms. The third-order valence-electron chi connectivity index (χ3n) is 5.18. The molecule has 0 radical (unpaired) electrons. The number of benzene rings is 2. The molecule has 0 aliphatic rings. The van der Waals surface area contributed by atoms with Crippen LogP contribution < -0.4 is 10.1 Å². The van der Waals surface area contributed by atoms with Crippen molar-refractivity contribution in [2.75, 3.05) is 19.0 Å². The van der Waals surface area contributed by atoms with Crippen LogP contribution in [0, 0.1) is 0 Å². The third kappa shape index (κ3) is 2.82. The largest absolute Gasteiger partial charge is 0.378 e. The minimum absolute atomic E-state index is 0.206. The van der Waals surface area contributed by atoms with Crippen LogP contribution in [0.3, 0.4) is 0 Å². The monoisotopic (exact) mass is 313 g/mol. The fourth-order valence-corrected chi connectivity index (χ4v) is 4.80. The van der Waals surface area contributed by atoms with E-state index in [1.165, 1.54) is 16.3 Å². The van der Waals surface area contributed by atoms with Gasteiger partial charge in [-0.3, -0.25) is 4.79 Å². The Morgan fingerprint density at radius 3 is 2.14 bits per heavy atom. The van der Waals surface area contributed by atoms with Crippen LogP contribution in [0.25, 0.3) is 10.8 Å². The van der Waals surface area contributed by atoms with Crippen LogP contribution in [0.4, 0.5) is 5.69 Å². The molecule has 0 saturated carbocycles. The Bertz CT molecular complexity index is 711. The summed E-state index contributed by atoms with van der Waals surface area (Å²) in [6, 6.07) is 10.7. The fraction of sp³-hybridized carbons (Fsp3) is 0.421. The van der Waals surface area contributed by atoms with Gasteiger partial charge in [-0.25, -0.2) is 0 Å². The minimum atomic E-state index is -1.75. The second-order valence-corrected chi connectivity index (χ2v) is 13.1. The second-order valence-electron chi connectivity index (χ2n) is 7.86. The first-order valence-corrected chi connectivity index (χ1v) is 10.8. The zero-order chi connectivity index (χ0) is 16.7. The van der Waals surface area contributed by atoms with Gasteiger partial charge < -0.3 is 4.90 Å². The molecule has 0 amide bonds. The molecule has 0 unspecified atom stereocenters. The van der Waals surface area contributed by atoms with Crippen LogP contribution in [-0.4, -0.2) is 28.5 Å². The van der Waals surface area contributed by atoms with E-state index >= 15 is 0 Å². The molecule has 118 valence electrons. The quantitative estimate of drug-likeness (QED) is 0.617. The molecule has 22 heavy (non-hydrogen) atoms. The van der Waals surface area contributed by atoms with Crippen molar-refractivity contribution in [3.63, 3.8) is 0 Å². The molecule has 0 saturated heterocycles. The number of carbonyl (C=O) groups excluding carboxylic acids is 1. The topological polar surface area (TPSA) is 20.3 Å². The molecule has 0 aliphatic carbocycles. The standard InChI is InChI=1S/C19H27NOSi/c1-19(2,3)22(6,7)18-12-15-11-17(20(4)5)9-8-14(15)10-16(18)13-21/h8-13H,1-7H3. The Labute approximate surface area is 135 Å². The number of hydrogen-bond donors (Lipinski definition) is 0. The van der Waals surface area contributed by atoms with E-state index in [0.717, 1.165) is 17.2 Å². The molecule has 0 aliphatic heterocycles. The van der Waals surface area contributed by atoms with E-state index in [9.17, 15) is 4.79 Å². The van der Waals surface area contributed by atoms with Gasteiger partial charge in [0.05, 0.1) is 8.07 Å². The lowest BCUT2D eigenvalue weighted by Gasteiger charge is -2.38. The molecule has 3 heteroatoms. The molecule has 0 aromatic heterocycles. The molecular formula is C19H27NOSi. The summed E-state index contributed by atoms with van der Waals surface area (Å²) in [5.74, 6) is 0. The van der Waals surface area contributed by atoms with Crippen LogP contribution in [0.15, 0.2) is 30.3 Å². The highest BCUT2D eigenvalue weighted by Crippen LogP contribution is 2.36. The molecule has 0 atom stereocenters. The first-order chi connectivity index (χ1) is 10.1. The van der Waals surface area contributed by atoms with Crippen molar-refractivity contribution >= 4 is 36.0 Å². The van der Waals surface area contributed by atoms with E-state index in [-0.39, 0.29) is 5.04 Å². The van der Waals surface area contributed by atoms with Gasteiger partial charge in [0.1, 0.15) is 6.29 Å². The number of rotatable bonds is 3. The van der Waals surface area contributed by atoms with E-state index in [4.69, 9.17) is 0 Å². The lowest BCUT2D eigenvalue weighted by molar-refractivity contribution is 0.112. The maximum atomic E-state index is 11.6. The zero-order valence-electron chi connectivity index (χ0n) is 14.8. The number of aldehydes is 1. The van der Waals surface area contributed by atoms with E-state index in [0.29, 0.717) is 0 Å². The highest BCUT2D eigenvalue weighted by Gasteiger charge is 2.38. The van der Waals surface area contributed by atoms with Crippen molar-refractivity contribution in [3.05, 3.63) is 35.9 Å². The van der Waals surface area contributed by atoms with Gasteiger partial charge >= 0.3 is 0 Å². The van der Waals surface area contributed by atoms with Crippen molar-refractivity contribution in [1.82, 2.24) is 0 Å². The summed E-state index contributed by atoms with van der Waals surface area (Å²) in [6.07, 6.45) is 1.02. The van der Waals surface area contributed by atoms with Gasteiger partial charge in [-0.15, -0.1) is 0 Å². The molecule has 0 fully saturated rings. The van der Waals surface area contributed by atoms with Crippen molar-refractivity contribution < 1.29 is 4.79 Å². The van der Waals surface area contributed by atoms with Crippen LogP contribution in [0.5, 0.6) is 0 Å². The predicted molar refractivity (Wildman–Crippen MR) is 100 cm³/mol. The summed E-state index contributed by atoms with van der Waals surface area (Å²) in [6.45, 7) is 11.6. The smallest absolute Gasteiger partial charge is 0.149 e. The summed E-state index contributed by atoms with van der Waals surface area (Å²) in [5, 5.41) is 3.82. The first kappa shape index (κ1) is 16.8. The fourth-order valence-electron chi connectivity index (χ4n) is 2.62. The van der Waals surface area contributed by atoms with Gasteiger partial charge in [-0.05, 0) is 39.2 Å². The van der Waals surface area contributed by atoms with Crippen LogP contribution >= 0.6 is 0 Å². The van der Waals surface area contributed by atoms with Crippen LogP contribution in [0.2, 0.25) is 18.1 Å². The van der Waals surface area contributed by atoms with Gasteiger partial charge in [0.15, 0.2) is 0 Å². The number of carbonyl (C=O) groups is 1. The molecule has 0 N–H and O–H groups in total. The van der Waals surface area contributed by atoms with Gasteiger partial charge in [0, 0.05) is 25.3 Å². The predicted octanol–water partition coefficient (Wildman–Crippen LogP) is 4.43. The maximum Gasteiger partial charge on any atom is 0.149 e. The van der Waals surface area contributed by atoms with Gasteiger partial charge in [0.2, 0.25) is 0 Å². The van der Waals surface area contributed by atoms with E-state index < -0.39 is 8.07 Å².